The Labute approximate surface area is 135 Å². The Kier molecular flexibility index (Phi) is 6.68. The van der Waals surface area contributed by atoms with Crippen LogP contribution in [-0.2, 0) is 4.74 Å². The predicted octanol–water partition coefficient (Wildman–Crippen LogP) is 4.01. The van der Waals surface area contributed by atoms with Gasteiger partial charge in [0, 0.05) is 23.1 Å². The van der Waals surface area contributed by atoms with Gasteiger partial charge in [-0.25, -0.2) is 4.79 Å². The molecule has 0 bridgehead atoms. The van der Waals surface area contributed by atoms with E-state index >= 15 is 0 Å². The molecule has 0 saturated carbocycles. The highest BCUT2D eigenvalue weighted by molar-refractivity contribution is 9.10. The van der Waals surface area contributed by atoms with E-state index in [1.807, 2.05) is 39.8 Å². The van der Waals surface area contributed by atoms with Crippen molar-refractivity contribution in [3.63, 3.8) is 0 Å². The average Bonchev–Trinajstić information content (AvgIpc) is 2.34. The summed E-state index contributed by atoms with van der Waals surface area (Å²) in [6, 6.07) is 8.54. The molecular weight excluding hydrogens is 332 g/mol. The number of carbonyl (C=O) groups is 1. The Morgan fingerprint density at radius 1 is 1.33 bits per heavy atom. The standard InChI is InChI=1S/C16H25BrN2O2/c1-11(10-18-15(20)21-16(3,4)5)19-12(2)13-7-6-8-14(17)9-13/h6-9,11-12,19H,10H2,1-5H3,(H,18,20). The Morgan fingerprint density at radius 2 is 2.00 bits per heavy atom. The summed E-state index contributed by atoms with van der Waals surface area (Å²) in [7, 11) is 0. The van der Waals surface area contributed by atoms with E-state index in [1.165, 1.54) is 5.56 Å². The van der Waals surface area contributed by atoms with Crippen LogP contribution in [-0.4, -0.2) is 24.3 Å². The number of amides is 1. The van der Waals surface area contributed by atoms with Crippen molar-refractivity contribution in [1.82, 2.24) is 10.6 Å². The molecule has 1 rings (SSSR count). The molecule has 0 aromatic heterocycles. The first kappa shape index (κ1) is 18.0. The van der Waals surface area contributed by atoms with Gasteiger partial charge in [-0.1, -0.05) is 28.1 Å². The Bertz CT molecular complexity index is 472. The second-order valence-electron chi connectivity index (χ2n) is 6.23. The maximum atomic E-state index is 11.6. The van der Waals surface area contributed by atoms with Crippen molar-refractivity contribution < 1.29 is 9.53 Å². The topological polar surface area (TPSA) is 50.4 Å². The molecule has 5 heteroatoms. The van der Waals surface area contributed by atoms with Gasteiger partial charge in [-0.2, -0.15) is 0 Å². The first-order chi connectivity index (χ1) is 9.67. The number of halogens is 1. The van der Waals surface area contributed by atoms with E-state index in [4.69, 9.17) is 4.74 Å². The number of carbonyl (C=O) groups excluding carboxylic acids is 1. The van der Waals surface area contributed by atoms with E-state index in [-0.39, 0.29) is 18.2 Å². The van der Waals surface area contributed by atoms with E-state index in [0.29, 0.717) is 6.54 Å². The molecule has 0 radical (unpaired) electrons. The van der Waals surface area contributed by atoms with Crippen LogP contribution in [0, 0.1) is 0 Å². The summed E-state index contributed by atoms with van der Waals surface area (Å²) in [6.07, 6.45) is -0.383. The van der Waals surface area contributed by atoms with E-state index in [2.05, 4.69) is 45.6 Å². The van der Waals surface area contributed by atoms with Crippen molar-refractivity contribution in [1.29, 1.82) is 0 Å². The number of nitrogens with one attached hydrogen (secondary N) is 2. The minimum atomic E-state index is -0.468. The van der Waals surface area contributed by atoms with Crippen LogP contribution in [0.4, 0.5) is 4.79 Å². The zero-order valence-corrected chi connectivity index (χ0v) is 15.0. The van der Waals surface area contributed by atoms with Crippen LogP contribution in [0.3, 0.4) is 0 Å². The van der Waals surface area contributed by atoms with Gasteiger partial charge in [-0.05, 0) is 52.3 Å². The first-order valence-corrected chi connectivity index (χ1v) is 7.95. The van der Waals surface area contributed by atoms with Crippen molar-refractivity contribution >= 4 is 22.0 Å². The summed E-state index contributed by atoms with van der Waals surface area (Å²) >= 11 is 3.47. The Balaban J connectivity index is 2.40. The van der Waals surface area contributed by atoms with Crippen LogP contribution >= 0.6 is 15.9 Å². The molecule has 21 heavy (non-hydrogen) atoms. The summed E-state index contributed by atoms with van der Waals surface area (Å²) in [5.41, 5.74) is 0.734. The monoisotopic (exact) mass is 356 g/mol. The van der Waals surface area contributed by atoms with Crippen molar-refractivity contribution in [3.05, 3.63) is 34.3 Å². The van der Waals surface area contributed by atoms with Crippen LogP contribution in [0.15, 0.2) is 28.7 Å². The molecule has 0 aliphatic heterocycles. The maximum Gasteiger partial charge on any atom is 0.407 e. The van der Waals surface area contributed by atoms with Crippen molar-refractivity contribution in [3.8, 4) is 0 Å². The molecule has 1 aromatic carbocycles. The Hall–Kier alpha value is -1.07. The quantitative estimate of drug-likeness (QED) is 0.837. The summed E-state index contributed by atoms with van der Waals surface area (Å²) in [4.78, 5) is 11.6. The summed E-state index contributed by atoms with van der Waals surface area (Å²) < 4.78 is 6.27. The highest BCUT2D eigenvalue weighted by atomic mass is 79.9. The fraction of sp³-hybridized carbons (Fsp3) is 0.562. The minimum Gasteiger partial charge on any atom is -0.444 e. The lowest BCUT2D eigenvalue weighted by Crippen LogP contribution is -2.41. The van der Waals surface area contributed by atoms with Crippen LogP contribution in [0.25, 0.3) is 0 Å². The number of benzene rings is 1. The molecule has 0 spiro atoms. The molecule has 0 fully saturated rings. The maximum absolute atomic E-state index is 11.6. The van der Waals surface area contributed by atoms with Gasteiger partial charge in [0.2, 0.25) is 0 Å². The van der Waals surface area contributed by atoms with Crippen LogP contribution < -0.4 is 10.6 Å². The van der Waals surface area contributed by atoms with E-state index in [9.17, 15) is 4.79 Å². The molecule has 2 unspecified atom stereocenters. The Morgan fingerprint density at radius 3 is 2.57 bits per heavy atom. The lowest BCUT2D eigenvalue weighted by Gasteiger charge is -2.23. The molecule has 2 atom stereocenters. The van der Waals surface area contributed by atoms with Crippen molar-refractivity contribution in [2.75, 3.05) is 6.54 Å². The van der Waals surface area contributed by atoms with Crippen molar-refractivity contribution in [2.45, 2.75) is 52.3 Å². The van der Waals surface area contributed by atoms with Gasteiger partial charge in [0.15, 0.2) is 0 Å². The van der Waals surface area contributed by atoms with Gasteiger partial charge in [-0.3, -0.25) is 0 Å². The second kappa shape index (κ2) is 7.80. The third-order valence-electron chi connectivity index (χ3n) is 2.83. The summed E-state index contributed by atoms with van der Waals surface area (Å²) in [6.45, 7) is 10.2. The van der Waals surface area contributed by atoms with Crippen LogP contribution in [0.1, 0.15) is 46.2 Å². The zero-order valence-electron chi connectivity index (χ0n) is 13.4. The average molecular weight is 357 g/mol. The smallest absolute Gasteiger partial charge is 0.407 e. The van der Waals surface area contributed by atoms with Gasteiger partial charge in [0.25, 0.3) is 0 Å². The zero-order chi connectivity index (χ0) is 16.0. The number of hydrogen-bond acceptors (Lipinski definition) is 3. The normalized spacial score (nSPS) is 14.4. The first-order valence-electron chi connectivity index (χ1n) is 7.16. The number of alkyl carbamates (subject to hydrolysis) is 1. The fourth-order valence-electron chi connectivity index (χ4n) is 1.91. The molecule has 2 N–H and O–H groups in total. The third kappa shape index (κ3) is 7.48. The van der Waals surface area contributed by atoms with Crippen molar-refractivity contribution in [2.24, 2.45) is 0 Å². The lowest BCUT2D eigenvalue weighted by atomic mass is 10.1. The molecule has 0 aliphatic rings. The molecule has 0 saturated heterocycles. The molecule has 1 aromatic rings. The van der Waals surface area contributed by atoms with Gasteiger partial charge in [0.05, 0.1) is 0 Å². The van der Waals surface area contributed by atoms with Gasteiger partial charge >= 0.3 is 6.09 Å². The van der Waals surface area contributed by atoms with E-state index in [1.54, 1.807) is 0 Å². The van der Waals surface area contributed by atoms with Crippen LogP contribution in [0.2, 0.25) is 0 Å². The molecular formula is C16H25BrN2O2. The molecule has 4 nitrogen and oxygen atoms in total. The lowest BCUT2D eigenvalue weighted by molar-refractivity contribution is 0.0522. The third-order valence-corrected chi connectivity index (χ3v) is 3.33. The molecule has 118 valence electrons. The van der Waals surface area contributed by atoms with E-state index < -0.39 is 5.60 Å². The number of hydrogen-bond donors (Lipinski definition) is 2. The van der Waals surface area contributed by atoms with Gasteiger partial charge < -0.3 is 15.4 Å². The number of rotatable bonds is 5. The van der Waals surface area contributed by atoms with Crippen LogP contribution in [0.5, 0.6) is 0 Å². The second-order valence-corrected chi connectivity index (χ2v) is 7.14. The molecule has 1 amide bonds. The summed E-state index contributed by atoms with van der Waals surface area (Å²) in [5.74, 6) is 0. The highest BCUT2D eigenvalue weighted by Gasteiger charge is 2.17. The fourth-order valence-corrected chi connectivity index (χ4v) is 2.33. The SMILES string of the molecule is CC(CNC(=O)OC(C)(C)C)NC(C)c1cccc(Br)c1. The molecule has 0 heterocycles. The highest BCUT2D eigenvalue weighted by Crippen LogP contribution is 2.18. The predicted molar refractivity (Wildman–Crippen MR) is 89.4 cm³/mol. The van der Waals surface area contributed by atoms with Gasteiger partial charge in [-0.15, -0.1) is 0 Å². The molecule has 0 aliphatic carbocycles. The largest absolute Gasteiger partial charge is 0.444 e. The number of ether oxygens (including phenoxy) is 1. The minimum absolute atomic E-state index is 0.145. The summed E-state index contributed by atoms with van der Waals surface area (Å²) in [5, 5.41) is 6.22. The van der Waals surface area contributed by atoms with Gasteiger partial charge in [0.1, 0.15) is 5.60 Å². The van der Waals surface area contributed by atoms with E-state index in [0.717, 1.165) is 4.47 Å².